The summed E-state index contributed by atoms with van der Waals surface area (Å²) >= 11 is 1.14. The fourth-order valence-corrected chi connectivity index (χ4v) is 6.87. The fraction of sp³-hybridized carbons (Fsp3) is 0.444. The van der Waals surface area contributed by atoms with Crippen molar-refractivity contribution in [1.29, 1.82) is 0 Å². The highest BCUT2D eigenvalue weighted by molar-refractivity contribution is 8.01. The van der Waals surface area contributed by atoms with Gasteiger partial charge in [-0.2, -0.15) is 0 Å². The summed E-state index contributed by atoms with van der Waals surface area (Å²) in [5, 5.41) is 1.98. The van der Waals surface area contributed by atoms with Gasteiger partial charge in [-0.25, -0.2) is 31.1 Å². The van der Waals surface area contributed by atoms with Gasteiger partial charge in [0.25, 0.3) is 15.9 Å². The molecule has 0 aromatic heterocycles. The van der Waals surface area contributed by atoms with Gasteiger partial charge in [0.2, 0.25) is 0 Å². The van der Waals surface area contributed by atoms with Crippen LogP contribution in [-0.4, -0.2) is 78.5 Å². The molecule has 3 rings (SSSR count). The van der Waals surface area contributed by atoms with E-state index in [4.69, 9.17) is 9.47 Å². The van der Waals surface area contributed by atoms with Gasteiger partial charge in [0, 0.05) is 37.9 Å². The summed E-state index contributed by atoms with van der Waals surface area (Å²) in [5.41, 5.74) is -0.134. The number of nitrogens with one attached hydrogen (secondary N) is 1. The standard InChI is InChI=1S/C27H33F2N3O7S2/c1-16(2)38-25(34)22(11-17-7-9-20(10-8-17)39-26(35)31(5)6)32(24(33)23-30-27(3,4)15-40-23)41(36,37)21-13-18(28)12-19(29)14-21/h7-10,12-14,16,22-23,30H,11,15H2,1-6H3/t22-,23-/m0/s1. The van der Waals surface area contributed by atoms with Crippen LogP contribution in [0.5, 0.6) is 5.75 Å². The van der Waals surface area contributed by atoms with E-state index in [0.29, 0.717) is 33.8 Å². The Hall–Kier alpha value is -3.23. The Balaban J connectivity index is 2.10. The Morgan fingerprint density at radius 2 is 1.66 bits per heavy atom. The summed E-state index contributed by atoms with van der Waals surface area (Å²) in [6, 6.07) is 5.81. The summed E-state index contributed by atoms with van der Waals surface area (Å²) in [5.74, 6) is -3.71. The minimum Gasteiger partial charge on any atom is -0.461 e. The van der Waals surface area contributed by atoms with E-state index < -0.39 is 67.6 Å². The summed E-state index contributed by atoms with van der Waals surface area (Å²) in [6.45, 7) is 6.76. The van der Waals surface area contributed by atoms with Crippen molar-refractivity contribution >= 4 is 39.8 Å². The van der Waals surface area contributed by atoms with E-state index in [2.05, 4.69) is 5.32 Å². The lowest BCUT2D eigenvalue weighted by Crippen LogP contribution is -2.56. The van der Waals surface area contributed by atoms with Crippen LogP contribution in [0.15, 0.2) is 47.4 Å². The van der Waals surface area contributed by atoms with E-state index in [1.54, 1.807) is 13.8 Å². The van der Waals surface area contributed by atoms with E-state index in [1.807, 2.05) is 13.8 Å². The third-order valence-corrected chi connectivity index (χ3v) is 9.12. The van der Waals surface area contributed by atoms with Gasteiger partial charge in [-0.3, -0.25) is 10.1 Å². The van der Waals surface area contributed by atoms with Crippen LogP contribution < -0.4 is 10.1 Å². The zero-order valence-corrected chi connectivity index (χ0v) is 25.1. The second kappa shape index (κ2) is 12.7. The number of carbonyl (C=O) groups is 3. The van der Waals surface area contributed by atoms with Gasteiger partial charge in [0.1, 0.15) is 28.8 Å². The first-order chi connectivity index (χ1) is 19.0. The second-order valence-corrected chi connectivity index (χ2v) is 13.5. The summed E-state index contributed by atoms with van der Waals surface area (Å²) in [4.78, 5) is 39.6. The Bertz CT molecular complexity index is 1380. The molecule has 0 unspecified atom stereocenters. The number of carbonyl (C=O) groups excluding carboxylic acids is 3. The van der Waals surface area contributed by atoms with Crippen molar-refractivity contribution in [3.8, 4) is 5.75 Å². The Labute approximate surface area is 242 Å². The zero-order valence-electron chi connectivity index (χ0n) is 23.5. The molecule has 41 heavy (non-hydrogen) atoms. The van der Waals surface area contributed by atoms with E-state index >= 15 is 0 Å². The van der Waals surface area contributed by atoms with Crippen LogP contribution in [0.2, 0.25) is 0 Å². The molecule has 14 heteroatoms. The number of esters is 1. The molecular formula is C27H33F2N3O7S2. The largest absolute Gasteiger partial charge is 0.461 e. The van der Waals surface area contributed by atoms with E-state index in [1.165, 1.54) is 43.3 Å². The lowest BCUT2D eigenvalue weighted by molar-refractivity contribution is -0.155. The van der Waals surface area contributed by atoms with Crippen molar-refractivity contribution in [2.75, 3.05) is 19.8 Å². The summed E-state index contributed by atoms with van der Waals surface area (Å²) < 4.78 is 67.0. The van der Waals surface area contributed by atoms with Crippen molar-refractivity contribution in [3.63, 3.8) is 0 Å². The van der Waals surface area contributed by atoms with Crippen LogP contribution in [0.25, 0.3) is 0 Å². The van der Waals surface area contributed by atoms with Crippen LogP contribution in [0.3, 0.4) is 0 Å². The molecule has 2 amide bonds. The molecule has 2 atom stereocenters. The average molecular weight is 614 g/mol. The van der Waals surface area contributed by atoms with Gasteiger partial charge < -0.3 is 14.4 Å². The first-order valence-corrected chi connectivity index (χ1v) is 15.1. The maximum Gasteiger partial charge on any atom is 0.414 e. The monoisotopic (exact) mass is 613 g/mol. The van der Waals surface area contributed by atoms with Crippen molar-refractivity contribution in [2.45, 2.75) is 62.1 Å². The number of rotatable bonds is 9. The number of halogens is 2. The molecule has 1 N–H and O–H groups in total. The Morgan fingerprint density at radius 3 is 2.15 bits per heavy atom. The maximum absolute atomic E-state index is 14.1. The zero-order chi connectivity index (χ0) is 30.7. The number of thioether (sulfide) groups is 1. The minimum atomic E-state index is -4.98. The topological polar surface area (TPSA) is 122 Å². The predicted molar refractivity (Wildman–Crippen MR) is 149 cm³/mol. The Kier molecular flexibility index (Phi) is 10.0. The molecule has 0 spiro atoms. The first-order valence-electron chi connectivity index (χ1n) is 12.6. The molecule has 0 saturated carbocycles. The molecule has 1 aliphatic rings. The maximum atomic E-state index is 14.1. The van der Waals surface area contributed by atoms with Gasteiger partial charge in [-0.05, 0) is 57.5 Å². The molecule has 0 aliphatic carbocycles. The minimum absolute atomic E-state index is 0.193. The summed E-state index contributed by atoms with van der Waals surface area (Å²) in [6.07, 6.45) is -1.62. The van der Waals surface area contributed by atoms with E-state index in [-0.39, 0.29) is 12.2 Å². The van der Waals surface area contributed by atoms with Gasteiger partial charge in [-0.15, -0.1) is 11.8 Å². The lowest BCUT2D eigenvalue weighted by atomic mass is 10.1. The van der Waals surface area contributed by atoms with Gasteiger partial charge in [-0.1, -0.05) is 12.1 Å². The van der Waals surface area contributed by atoms with Crippen LogP contribution >= 0.6 is 11.8 Å². The number of ether oxygens (including phenoxy) is 2. The molecule has 1 fully saturated rings. The van der Waals surface area contributed by atoms with E-state index in [0.717, 1.165) is 11.8 Å². The van der Waals surface area contributed by atoms with Crippen molar-refractivity contribution < 1.29 is 41.1 Å². The van der Waals surface area contributed by atoms with Crippen molar-refractivity contribution in [1.82, 2.24) is 14.5 Å². The van der Waals surface area contributed by atoms with Gasteiger partial charge in [0.15, 0.2) is 0 Å². The van der Waals surface area contributed by atoms with Crippen LogP contribution in [0, 0.1) is 11.6 Å². The average Bonchev–Trinajstić information content (AvgIpc) is 3.23. The third-order valence-electron chi connectivity index (χ3n) is 5.80. The number of nitrogens with zero attached hydrogens (tertiary/aromatic N) is 2. The number of hydrogen-bond donors (Lipinski definition) is 1. The summed E-state index contributed by atoms with van der Waals surface area (Å²) in [7, 11) is -1.96. The smallest absolute Gasteiger partial charge is 0.414 e. The normalized spacial score (nSPS) is 17.1. The second-order valence-electron chi connectivity index (χ2n) is 10.6. The van der Waals surface area contributed by atoms with Crippen LogP contribution in [0.4, 0.5) is 13.6 Å². The molecule has 1 aliphatic heterocycles. The SMILES string of the molecule is CC(C)OC(=O)[C@H](Cc1ccc(OC(=O)N(C)C)cc1)N(C(=O)[C@H]1NC(C)(C)CS1)S(=O)(=O)c1cc(F)cc(F)c1. The predicted octanol–water partition coefficient (Wildman–Crippen LogP) is 3.55. The number of benzene rings is 2. The number of sulfonamides is 1. The molecule has 0 bridgehead atoms. The molecule has 10 nitrogen and oxygen atoms in total. The molecule has 1 saturated heterocycles. The van der Waals surface area contributed by atoms with Gasteiger partial charge in [0.05, 0.1) is 11.0 Å². The van der Waals surface area contributed by atoms with Crippen LogP contribution in [0.1, 0.15) is 33.3 Å². The van der Waals surface area contributed by atoms with E-state index in [9.17, 15) is 31.6 Å². The Morgan fingerprint density at radius 1 is 1.07 bits per heavy atom. The lowest BCUT2D eigenvalue weighted by Gasteiger charge is -2.32. The van der Waals surface area contributed by atoms with Crippen molar-refractivity contribution in [3.05, 3.63) is 59.7 Å². The molecular weight excluding hydrogens is 580 g/mol. The quantitative estimate of drug-likeness (QED) is 0.423. The third kappa shape index (κ3) is 8.17. The van der Waals surface area contributed by atoms with Crippen LogP contribution in [-0.2, 0) is 30.8 Å². The number of hydrogen-bond acceptors (Lipinski definition) is 9. The molecule has 1 heterocycles. The highest BCUT2D eigenvalue weighted by Crippen LogP contribution is 2.32. The fourth-order valence-electron chi connectivity index (χ4n) is 3.89. The first kappa shape index (κ1) is 32.3. The molecule has 0 radical (unpaired) electrons. The van der Waals surface area contributed by atoms with Gasteiger partial charge >= 0.3 is 12.1 Å². The molecule has 2 aromatic carbocycles. The van der Waals surface area contributed by atoms with Crippen molar-refractivity contribution in [2.24, 2.45) is 0 Å². The number of amides is 2. The molecule has 224 valence electrons. The molecule has 2 aromatic rings. The highest BCUT2D eigenvalue weighted by Gasteiger charge is 2.46. The highest BCUT2D eigenvalue weighted by atomic mass is 32.2.